The maximum absolute atomic E-state index is 12.8. The summed E-state index contributed by atoms with van der Waals surface area (Å²) in [7, 11) is 0. The van der Waals surface area contributed by atoms with Gasteiger partial charge < -0.3 is 16.0 Å². The minimum Gasteiger partial charge on any atom is -0.365 e. The lowest BCUT2D eigenvalue weighted by molar-refractivity contribution is -0.115. The Morgan fingerprint density at radius 3 is 2.81 bits per heavy atom. The molecule has 2 heterocycles. The van der Waals surface area contributed by atoms with E-state index in [1.807, 2.05) is 12.1 Å². The standard InChI is InChI=1S/C21H25N3O2S/c1-13-10-11-14-6-2-4-8-16(14)24(13)12-18(25)23-21-19(20(22)26)15-7-3-5-9-17(15)27-21/h2,4,6,8,13H,3,5,7,9-12H2,1H3,(H2,22,26)(H,23,25)/t13-/m1/s1. The summed E-state index contributed by atoms with van der Waals surface area (Å²) >= 11 is 1.52. The van der Waals surface area contributed by atoms with Gasteiger partial charge in [-0.15, -0.1) is 11.3 Å². The number of para-hydroxylation sites is 1. The van der Waals surface area contributed by atoms with Crippen LogP contribution in [0.25, 0.3) is 0 Å². The molecule has 0 bridgehead atoms. The molecular formula is C21H25N3O2S. The molecule has 1 aromatic heterocycles. The Balaban J connectivity index is 1.55. The number of primary amides is 1. The molecule has 0 saturated heterocycles. The van der Waals surface area contributed by atoms with Crippen LogP contribution in [-0.4, -0.2) is 24.4 Å². The Kier molecular flexibility index (Phi) is 4.91. The molecule has 1 aliphatic carbocycles. The van der Waals surface area contributed by atoms with E-state index in [9.17, 15) is 9.59 Å². The minimum absolute atomic E-state index is 0.0975. The van der Waals surface area contributed by atoms with Crippen molar-refractivity contribution in [2.24, 2.45) is 5.73 Å². The van der Waals surface area contributed by atoms with Crippen molar-refractivity contribution < 1.29 is 9.59 Å². The number of thiophene rings is 1. The molecule has 6 heteroatoms. The Bertz CT molecular complexity index is 890. The van der Waals surface area contributed by atoms with Crippen LogP contribution in [-0.2, 0) is 24.1 Å². The Morgan fingerprint density at radius 2 is 2.00 bits per heavy atom. The van der Waals surface area contributed by atoms with Crippen molar-refractivity contribution >= 4 is 33.8 Å². The molecular weight excluding hydrogens is 358 g/mol. The molecule has 142 valence electrons. The molecule has 2 aromatic rings. The largest absolute Gasteiger partial charge is 0.365 e. The average molecular weight is 384 g/mol. The van der Waals surface area contributed by atoms with Crippen LogP contribution in [0.2, 0.25) is 0 Å². The SMILES string of the molecule is C[C@@H]1CCc2ccccc2N1CC(=O)Nc1sc2c(c1C(N)=O)CCCC2. The number of rotatable bonds is 4. The van der Waals surface area contributed by atoms with Crippen molar-refractivity contribution in [1.29, 1.82) is 0 Å². The first kappa shape index (κ1) is 18.0. The molecule has 3 N–H and O–H groups in total. The molecule has 0 spiro atoms. The number of aryl methyl sites for hydroxylation is 2. The van der Waals surface area contributed by atoms with E-state index in [4.69, 9.17) is 5.73 Å². The van der Waals surface area contributed by atoms with Gasteiger partial charge in [0.15, 0.2) is 0 Å². The van der Waals surface area contributed by atoms with Crippen LogP contribution in [0.3, 0.4) is 0 Å². The van der Waals surface area contributed by atoms with Crippen molar-refractivity contribution in [2.45, 2.75) is 51.5 Å². The maximum atomic E-state index is 12.8. The molecule has 5 nitrogen and oxygen atoms in total. The Morgan fingerprint density at radius 1 is 1.22 bits per heavy atom. The van der Waals surface area contributed by atoms with Crippen LogP contribution in [0, 0.1) is 0 Å². The van der Waals surface area contributed by atoms with Gasteiger partial charge in [-0.3, -0.25) is 9.59 Å². The highest BCUT2D eigenvalue weighted by molar-refractivity contribution is 7.17. The van der Waals surface area contributed by atoms with E-state index in [2.05, 4.69) is 29.3 Å². The first-order chi connectivity index (χ1) is 13.0. The quantitative estimate of drug-likeness (QED) is 0.848. The van der Waals surface area contributed by atoms with Crippen LogP contribution in [0.15, 0.2) is 24.3 Å². The molecule has 2 amide bonds. The van der Waals surface area contributed by atoms with E-state index in [0.29, 0.717) is 16.6 Å². The zero-order valence-corrected chi connectivity index (χ0v) is 16.4. The van der Waals surface area contributed by atoms with E-state index in [0.717, 1.165) is 49.8 Å². The van der Waals surface area contributed by atoms with Gasteiger partial charge in [-0.1, -0.05) is 18.2 Å². The number of hydrogen-bond acceptors (Lipinski definition) is 4. The number of nitrogens with one attached hydrogen (secondary N) is 1. The van der Waals surface area contributed by atoms with Gasteiger partial charge >= 0.3 is 0 Å². The second-order valence-electron chi connectivity index (χ2n) is 7.47. The van der Waals surface area contributed by atoms with Gasteiger partial charge in [0.1, 0.15) is 5.00 Å². The maximum Gasteiger partial charge on any atom is 0.251 e. The Labute approximate surface area is 163 Å². The highest BCUT2D eigenvalue weighted by Gasteiger charge is 2.27. The molecule has 27 heavy (non-hydrogen) atoms. The van der Waals surface area contributed by atoms with Crippen LogP contribution < -0.4 is 16.0 Å². The fourth-order valence-corrected chi connectivity index (χ4v) is 5.55. The first-order valence-corrected chi connectivity index (χ1v) is 10.4. The summed E-state index contributed by atoms with van der Waals surface area (Å²) in [5, 5.41) is 3.61. The molecule has 0 saturated carbocycles. The number of carbonyl (C=O) groups is 2. The molecule has 2 aliphatic rings. The van der Waals surface area contributed by atoms with Crippen LogP contribution >= 0.6 is 11.3 Å². The predicted octanol–water partition coefficient (Wildman–Crippen LogP) is 3.51. The molecule has 0 fully saturated rings. The number of fused-ring (bicyclic) bond motifs is 2. The third-order valence-electron chi connectivity index (χ3n) is 5.65. The van der Waals surface area contributed by atoms with E-state index in [1.165, 1.54) is 21.8 Å². The van der Waals surface area contributed by atoms with E-state index >= 15 is 0 Å². The highest BCUT2D eigenvalue weighted by Crippen LogP contribution is 2.38. The lowest BCUT2D eigenvalue weighted by Gasteiger charge is -2.36. The summed E-state index contributed by atoms with van der Waals surface area (Å²) in [4.78, 5) is 28.2. The average Bonchev–Trinajstić information content (AvgIpc) is 3.02. The number of nitrogens with zero attached hydrogens (tertiary/aromatic N) is 1. The fourth-order valence-electron chi connectivity index (χ4n) is 4.24. The smallest absolute Gasteiger partial charge is 0.251 e. The normalized spacial score (nSPS) is 18.6. The summed E-state index contributed by atoms with van der Waals surface area (Å²) in [6.45, 7) is 2.43. The zero-order valence-electron chi connectivity index (χ0n) is 15.6. The minimum atomic E-state index is -0.443. The van der Waals surface area contributed by atoms with Crippen molar-refractivity contribution in [2.75, 3.05) is 16.8 Å². The van der Waals surface area contributed by atoms with Crippen molar-refractivity contribution in [3.8, 4) is 0 Å². The Hall–Kier alpha value is -2.34. The number of anilines is 2. The third kappa shape index (κ3) is 3.46. The van der Waals surface area contributed by atoms with Crippen LogP contribution in [0.1, 0.15) is 52.5 Å². The topological polar surface area (TPSA) is 75.4 Å². The van der Waals surface area contributed by atoms with Gasteiger partial charge in [0.05, 0.1) is 12.1 Å². The number of nitrogens with two attached hydrogens (primary N) is 1. The van der Waals surface area contributed by atoms with Crippen molar-refractivity contribution in [3.63, 3.8) is 0 Å². The predicted molar refractivity (Wildman–Crippen MR) is 110 cm³/mol. The zero-order chi connectivity index (χ0) is 19.0. The summed E-state index contributed by atoms with van der Waals surface area (Å²) in [6.07, 6.45) is 6.10. The highest BCUT2D eigenvalue weighted by atomic mass is 32.1. The number of amides is 2. The number of hydrogen-bond donors (Lipinski definition) is 2. The third-order valence-corrected chi connectivity index (χ3v) is 6.86. The fraction of sp³-hybridized carbons (Fsp3) is 0.429. The van der Waals surface area contributed by atoms with E-state index in [-0.39, 0.29) is 12.5 Å². The van der Waals surface area contributed by atoms with Gasteiger partial charge in [-0.05, 0) is 62.6 Å². The van der Waals surface area contributed by atoms with Crippen LogP contribution in [0.4, 0.5) is 10.7 Å². The summed E-state index contributed by atoms with van der Waals surface area (Å²) in [6, 6.07) is 8.57. The van der Waals surface area contributed by atoms with Gasteiger partial charge in [0.2, 0.25) is 5.91 Å². The summed E-state index contributed by atoms with van der Waals surface area (Å²) in [5.41, 5.74) is 9.62. The first-order valence-electron chi connectivity index (χ1n) is 9.63. The molecule has 1 atom stereocenters. The van der Waals surface area contributed by atoms with E-state index in [1.54, 1.807) is 0 Å². The lowest BCUT2D eigenvalue weighted by atomic mass is 9.95. The van der Waals surface area contributed by atoms with Crippen LogP contribution in [0.5, 0.6) is 0 Å². The van der Waals surface area contributed by atoms with E-state index < -0.39 is 5.91 Å². The summed E-state index contributed by atoms with van der Waals surface area (Å²) < 4.78 is 0. The van der Waals surface area contributed by atoms with Gasteiger partial charge in [0.25, 0.3) is 5.91 Å². The van der Waals surface area contributed by atoms with Gasteiger partial charge in [-0.2, -0.15) is 0 Å². The number of carbonyl (C=O) groups excluding carboxylic acids is 2. The molecule has 4 rings (SSSR count). The van der Waals surface area contributed by atoms with Gasteiger partial charge in [-0.25, -0.2) is 0 Å². The second kappa shape index (κ2) is 7.35. The monoisotopic (exact) mass is 383 g/mol. The molecule has 1 aromatic carbocycles. The number of benzene rings is 1. The molecule has 0 unspecified atom stereocenters. The molecule has 1 aliphatic heterocycles. The van der Waals surface area contributed by atoms with Crippen molar-refractivity contribution in [1.82, 2.24) is 0 Å². The van der Waals surface area contributed by atoms with Crippen molar-refractivity contribution in [3.05, 3.63) is 45.8 Å². The second-order valence-corrected chi connectivity index (χ2v) is 8.58. The lowest BCUT2D eigenvalue weighted by Crippen LogP contribution is -2.42. The molecule has 0 radical (unpaired) electrons. The van der Waals surface area contributed by atoms with Gasteiger partial charge in [0, 0.05) is 16.6 Å². The summed E-state index contributed by atoms with van der Waals surface area (Å²) in [5.74, 6) is -0.541.